The highest BCUT2D eigenvalue weighted by atomic mass is 16.6. The molecule has 0 spiro atoms. The number of nitrogens with zero attached hydrogens (tertiary/aromatic N) is 1. The lowest BCUT2D eigenvalue weighted by Crippen LogP contribution is -2.33. The number of hydrogen-bond donors (Lipinski definition) is 2. The molecule has 0 radical (unpaired) electrons. The molecule has 0 bridgehead atoms. The second kappa shape index (κ2) is 4.16. The summed E-state index contributed by atoms with van der Waals surface area (Å²) >= 11 is 0. The standard InChI is InChI=1S/C10H14N2O3/c1-10(2,15-9(11)14)5-7-3-4-8(13)6-12-7/h3-4,6,13H,5H2,1-2H3,(H2,11,14). The molecule has 5 nitrogen and oxygen atoms in total. The number of carbonyl (C=O) groups is 1. The maximum absolute atomic E-state index is 10.6. The summed E-state index contributed by atoms with van der Waals surface area (Å²) in [5, 5.41) is 9.03. The van der Waals surface area contributed by atoms with Crippen LogP contribution in [0.2, 0.25) is 0 Å². The van der Waals surface area contributed by atoms with Crippen LogP contribution in [0, 0.1) is 0 Å². The van der Waals surface area contributed by atoms with E-state index < -0.39 is 11.7 Å². The van der Waals surface area contributed by atoms with Gasteiger partial charge < -0.3 is 15.6 Å². The van der Waals surface area contributed by atoms with Crippen LogP contribution in [0.25, 0.3) is 0 Å². The van der Waals surface area contributed by atoms with Crippen LogP contribution in [0.5, 0.6) is 5.75 Å². The van der Waals surface area contributed by atoms with E-state index in [0.29, 0.717) is 6.42 Å². The average molecular weight is 210 g/mol. The van der Waals surface area contributed by atoms with E-state index in [-0.39, 0.29) is 5.75 Å². The fourth-order valence-electron chi connectivity index (χ4n) is 1.27. The van der Waals surface area contributed by atoms with Crippen molar-refractivity contribution in [3.8, 4) is 5.75 Å². The number of amides is 1. The topological polar surface area (TPSA) is 85.4 Å². The van der Waals surface area contributed by atoms with Crippen molar-refractivity contribution in [3.05, 3.63) is 24.0 Å². The van der Waals surface area contributed by atoms with Gasteiger partial charge in [0.2, 0.25) is 0 Å². The number of pyridine rings is 1. The van der Waals surface area contributed by atoms with Crippen LogP contribution >= 0.6 is 0 Å². The molecule has 0 atom stereocenters. The smallest absolute Gasteiger partial charge is 0.405 e. The minimum Gasteiger partial charge on any atom is -0.506 e. The molecule has 0 aromatic carbocycles. The molecular formula is C10H14N2O3. The van der Waals surface area contributed by atoms with E-state index in [9.17, 15) is 4.79 Å². The van der Waals surface area contributed by atoms with Crippen LogP contribution in [0.3, 0.4) is 0 Å². The van der Waals surface area contributed by atoms with E-state index in [2.05, 4.69) is 4.98 Å². The number of nitrogens with two attached hydrogens (primary N) is 1. The normalized spacial score (nSPS) is 11.1. The lowest BCUT2D eigenvalue weighted by atomic mass is 10.0. The summed E-state index contributed by atoms with van der Waals surface area (Å²) in [7, 11) is 0. The number of aromatic hydroxyl groups is 1. The second-order valence-corrected chi connectivity index (χ2v) is 3.87. The zero-order chi connectivity index (χ0) is 11.5. The van der Waals surface area contributed by atoms with E-state index in [0.717, 1.165) is 5.69 Å². The Hall–Kier alpha value is -1.78. The highest BCUT2D eigenvalue weighted by molar-refractivity contribution is 5.65. The Morgan fingerprint density at radius 2 is 2.27 bits per heavy atom. The van der Waals surface area contributed by atoms with Gasteiger partial charge in [-0.05, 0) is 26.0 Å². The number of rotatable bonds is 3. The van der Waals surface area contributed by atoms with Crippen molar-refractivity contribution in [2.75, 3.05) is 0 Å². The Kier molecular flexibility index (Phi) is 3.14. The number of primary amides is 1. The SMILES string of the molecule is CC(C)(Cc1ccc(O)cn1)OC(N)=O. The minimum absolute atomic E-state index is 0.104. The van der Waals surface area contributed by atoms with Crippen molar-refractivity contribution in [1.82, 2.24) is 4.98 Å². The summed E-state index contributed by atoms with van der Waals surface area (Å²) in [6.07, 6.45) is 0.977. The van der Waals surface area contributed by atoms with E-state index >= 15 is 0 Å². The molecule has 1 heterocycles. The van der Waals surface area contributed by atoms with Crippen LogP contribution in [-0.2, 0) is 11.2 Å². The Labute approximate surface area is 87.9 Å². The van der Waals surface area contributed by atoms with E-state index in [1.165, 1.54) is 12.3 Å². The molecule has 0 unspecified atom stereocenters. The third kappa shape index (κ3) is 3.84. The van der Waals surface area contributed by atoms with Gasteiger partial charge in [0.15, 0.2) is 0 Å². The zero-order valence-corrected chi connectivity index (χ0v) is 8.73. The maximum Gasteiger partial charge on any atom is 0.405 e. The van der Waals surface area contributed by atoms with Gasteiger partial charge in [0, 0.05) is 12.1 Å². The first kappa shape index (κ1) is 11.3. The van der Waals surface area contributed by atoms with Crippen LogP contribution in [0.15, 0.2) is 18.3 Å². The van der Waals surface area contributed by atoms with Crippen molar-refractivity contribution in [2.45, 2.75) is 25.9 Å². The number of hydrogen-bond acceptors (Lipinski definition) is 4. The molecule has 82 valence electrons. The van der Waals surface area contributed by atoms with Gasteiger partial charge in [0.1, 0.15) is 11.4 Å². The van der Waals surface area contributed by atoms with Gasteiger partial charge in [0.25, 0.3) is 0 Å². The van der Waals surface area contributed by atoms with Crippen LogP contribution < -0.4 is 5.73 Å². The minimum atomic E-state index is -0.807. The first-order valence-electron chi connectivity index (χ1n) is 4.51. The van der Waals surface area contributed by atoms with Crippen molar-refractivity contribution < 1.29 is 14.6 Å². The molecule has 0 aliphatic heterocycles. The molecule has 0 saturated carbocycles. The molecule has 1 amide bonds. The molecule has 0 saturated heterocycles. The lowest BCUT2D eigenvalue weighted by Gasteiger charge is -2.23. The summed E-state index contributed by atoms with van der Waals surface area (Å²) in [5.74, 6) is 0.104. The third-order valence-electron chi connectivity index (χ3n) is 1.79. The fourth-order valence-corrected chi connectivity index (χ4v) is 1.27. The first-order valence-corrected chi connectivity index (χ1v) is 4.51. The molecule has 15 heavy (non-hydrogen) atoms. The Morgan fingerprint density at radius 3 is 2.73 bits per heavy atom. The monoisotopic (exact) mass is 210 g/mol. The highest BCUT2D eigenvalue weighted by Crippen LogP contribution is 2.16. The Balaban J connectivity index is 2.68. The van der Waals surface area contributed by atoms with Gasteiger partial charge in [-0.3, -0.25) is 4.98 Å². The van der Waals surface area contributed by atoms with E-state index in [4.69, 9.17) is 15.6 Å². The summed E-state index contributed by atoms with van der Waals surface area (Å²) in [6.45, 7) is 3.48. The van der Waals surface area contributed by atoms with Gasteiger partial charge in [-0.1, -0.05) is 0 Å². The first-order chi connectivity index (χ1) is 6.89. The van der Waals surface area contributed by atoms with Gasteiger partial charge in [-0.15, -0.1) is 0 Å². The summed E-state index contributed by atoms with van der Waals surface area (Å²) in [4.78, 5) is 14.6. The van der Waals surface area contributed by atoms with Gasteiger partial charge >= 0.3 is 6.09 Å². The van der Waals surface area contributed by atoms with Gasteiger partial charge in [-0.2, -0.15) is 0 Å². The van der Waals surface area contributed by atoms with Crippen LogP contribution in [-0.4, -0.2) is 21.8 Å². The molecule has 1 aromatic rings. The summed E-state index contributed by atoms with van der Waals surface area (Å²) in [6, 6.07) is 3.20. The number of aromatic nitrogens is 1. The molecule has 1 rings (SSSR count). The molecule has 3 N–H and O–H groups in total. The maximum atomic E-state index is 10.6. The quantitative estimate of drug-likeness (QED) is 0.785. The predicted molar refractivity (Wildman–Crippen MR) is 54.4 cm³/mol. The number of ether oxygens (including phenoxy) is 1. The van der Waals surface area contributed by atoms with E-state index in [1.807, 2.05) is 0 Å². The fraction of sp³-hybridized carbons (Fsp3) is 0.400. The van der Waals surface area contributed by atoms with E-state index in [1.54, 1.807) is 19.9 Å². The van der Waals surface area contributed by atoms with Gasteiger partial charge in [-0.25, -0.2) is 4.79 Å². The molecule has 0 aliphatic rings. The average Bonchev–Trinajstić information content (AvgIpc) is 2.06. The highest BCUT2D eigenvalue weighted by Gasteiger charge is 2.22. The van der Waals surface area contributed by atoms with Crippen LogP contribution in [0.1, 0.15) is 19.5 Å². The molecule has 0 aliphatic carbocycles. The predicted octanol–water partition coefficient (Wildman–Crippen LogP) is 1.20. The van der Waals surface area contributed by atoms with Crippen molar-refractivity contribution in [2.24, 2.45) is 5.73 Å². The Morgan fingerprint density at radius 1 is 1.60 bits per heavy atom. The van der Waals surface area contributed by atoms with Gasteiger partial charge in [0.05, 0.1) is 6.20 Å². The second-order valence-electron chi connectivity index (χ2n) is 3.87. The largest absolute Gasteiger partial charge is 0.506 e. The van der Waals surface area contributed by atoms with Crippen LogP contribution in [0.4, 0.5) is 4.79 Å². The molecule has 1 aromatic heterocycles. The zero-order valence-electron chi connectivity index (χ0n) is 8.73. The van der Waals surface area contributed by atoms with Crippen molar-refractivity contribution in [1.29, 1.82) is 0 Å². The number of carbonyl (C=O) groups excluding carboxylic acids is 1. The Bertz CT molecular complexity index is 346. The third-order valence-corrected chi connectivity index (χ3v) is 1.79. The summed E-state index contributed by atoms with van der Waals surface area (Å²) < 4.78 is 4.91. The van der Waals surface area contributed by atoms with Crippen molar-refractivity contribution >= 4 is 6.09 Å². The molecule has 0 fully saturated rings. The van der Waals surface area contributed by atoms with Crippen molar-refractivity contribution in [3.63, 3.8) is 0 Å². The summed E-state index contributed by atoms with van der Waals surface area (Å²) in [5.41, 5.74) is 4.96. The molecular weight excluding hydrogens is 196 g/mol. The lowest BCUT2D eigenvalue weighted by molar-refractivity contribution is 0.0453. The molecule has 5 heteroatoms.